The van der Waals surface area contributed by atoms with Crippen LogP contribution < -0.4 is 5.73 Å². The Bertz CT molecular complexity index is 236. The molecule has 1 heterocycles. The second-order valence-corrected chi connectivity index (χ2v) is 6.27. The zero-order valence-corrected chi connectivity index (χ0v) is 11.6. The Morgan fingerprint density at radius 3 is 2.35 bits per heavy atom. The van der Waals surface area contributed by atoms with E-state index < -0.39 is 0 Å². The molecule has 1 aliphatic heterocycles. The third kappa shape index (κ3) is 3.21. The number of hydrogen-bond donors (Lipinski definition) is 1. The average molecular weight is 239 g/mol. The highest BCUT2D eigenvalue weighted by Gasteiger charge is 2.38. The molecule has 0 radical (unpaired) electrons. The summed E-state index contributed by atoms with van der Waals surface area (Å²) in [6.45, 7) is 12.1. The summed E-state index contributed by atoms with van der Waals surface area (Å²) in [5, 5.41) is 0. The lowest BCUT2D eigenvalue weighted by Gasteiger charge is -2.40. The molecule has 0 aromatic carbocycles. The van der Waals surface area contributed by atoms with Crippen LogP contribution in [0.4, 0.5) is 0 Å². The Balaban J connectivity index is 1.78. The number of piperazine rings is 1. The minimum Gasteiger partial charge on any atom is -0.327 e. The van der Waals surface area contributed by atoms with Crippen LogP contribution in [0, 0.1) is 5.41 Å². The van der Waals surface area contributed by atoms with E-state index in [1.54, 1.807) is 0 Å². The fourth-order valence-electron chi connectivity index (χ4n) is 3.45. The summed E-state index contributed by atoms with van der Waals surface area (Å²) < 4.78 is 0. The summed E-state index contributed by atoms with van der Waals surface area (Å²) in [6.07, 6.45) is 5.16. The molecule has 2 rings (SSSR count). The molecule has 1 saturated carbocycles. The monoisotopic (exact) mass is 239 g/mol. The first-order chi connectivity index (χ1) is 8.14. The minimum absolute atomic E-state index is 0.382. The molecule has 0 aromatic rings. The van der Waals surface area contributed by atoms with Gasteiger partial charge in [-0.1, -0.05) is 20.3 Å². The van der Waals surface area contributed by atoms with Crippen LogP contribution in [0.15, 0.2) is 0 Å². The second kappa shape index (κ2) is 5.68. The van der Waals surface area contributed by atoms with Crippen molar-refractivity contribution in [3.8, 4) is 0 Å². The first kappa shape index (κ1) is 13.3. The van der Waals surface area contributed by atoms with Crippen molar-refractivity contribution in [1.29, 1.82) is 0 Å². The van der Waals surface area contributed by atoms with Crippen LogP contribution >= 0.6 is 0 Å². The van der Waals surface area contributed by atoms with E-state index in [0.29, 0.717) is 11.5 Å². The van der Waals surface area contributed by atoms with Crippen LogP contribution in [-0.2, 0) is 0 Å². The van der Waals surface area contributed by atoms with Crippen molar-refractivity contribution in [1.82, 2.24) is 9.80 Å². The summed E-state index contributed by atoms with van der Waals surface area (Å²) in [6, 6.07) is 0.427. The van der Waals surface area contributed by atoms with Gasteiger partial charge in [-0.15, -0.1) is 0 Å². The van der Waals surface area contributed by atoms with Gasteiger partial charge in [0, 0.05) is 38.8 Å². The van der Waals surface area contributed by atoms with Crippen molar-refractivity contribution in [2.24, 2.45) is 11.1 Å². The summed E-state index contributed by atoms with van der Waals surface area (Å²) in [7, 11) is 0. The van der Waals surface area contributed by atoms with Crippen LogP contribution in [0.2, 0.25) is 0 Å². The molecule has 2 unspecified atom stereocenters. The van der Waals surface area contributed by atoms with E-state index >= 15 is 0 Å². The summed E-state index contributed by atoms with van der Waals surface area (Å²) in [4.78, 5) is 5.23. The first-order valence-corrected chi connectivity index (χ1v) is 7.34. The first-order valence-electron chi connectivity index (χ1n) is 7.34. The maximum Gasteiger partial charge on any atom is 0.0110 e. The molecule has 0 spiro atoms. The molecule has 1 aliphatic carbocycles. The van der Waals surface area contributed by atoms with Gasteiger partial charge < -0.3 is 15.5 Å². The van der Waals surface area contributed by atoms with Gasteiger partial charge in [-0.2, -0.15) is 0 Å². The smallest absolute Gasteiger partial charge is 0.0110 e. The largest absolute Gasteiger partial charge is 0.327 e. The average Bonchev–Trinajstić information content (AvgIpc) is 2.62. The Hall–Kier alpha value is -0.120. The fourth-order valence-corrected chi connectivity index (χ4v) is 3.45. The van der Waals surface area contributed by atoms with E-state index in [4.69, 9.17) is 5.73 Å². The van der Waals surface area contributed by atoms with Gasteiger partial charge >= 0.3 is 0 Å². The van der Waals surface area contributed by atoms with Crippen LogP contribution in [0.25, 0.3) is 0 Å². The number of nitrogens with zero attached hydrogens (tertiary/aromatic N) is 2. The van der Waals surface area contributed by atoms with Crippen molar-refractivity contribution >= 4 is 0 Å². The molecular formula is C14H29N3. The molecule has 2 atom stereocenters. The molecule has 0 bridgehead atoms. The van der Waals surface area contributed by atoms with E-state index in [9.17, 15) is 0 Å². The zero-order valence-electron chi connectivity index (χ0n) is 11.6. The van der Waals surface area contributed by atoms with Crippen LogP contribution in [0.3, 0.4) is 0 Å². The van der Waals surface area contributed by atoms with E-state index in [0.717, 1.165) is 0 Å². The van der Waals surface area contributed by atoms with Crippen molar-refractivity contribution in [3.05, 3.63) is 0 Å². The molecular weight excluding hydrogens is 210 g/mol. The molecule has 2 aliphatic rings. The zero-order chi connectivity index (χ0) is 12.3. The van der Waals surface area contributed by atoms with E-state index in [-0.39, 0.29) is 0 Å². The normalized spacial score (nSPS) is 36.5. The van der Waals surface area contributed by atoms with Gasteiger partial charge in [0.15, 0.2) is 0 Å². The lowest BCUT2D eigenvalue weighted by atomic mass is 9.84. The number of nitrogens with two attached hydrogens (primary N) is 1. The fraction of sp³-hybridized carbons (Fsp3) is 1.00. The predicted octanol–water partition coefficient (Wildman–Crippen LogP) is 1.53. The Labute approximate surface area is 106 Å². The molecule has 3 nitrogen and oxygen atoms in total. The quantitative estimate of drug-likeness (QED) is 0.807. The molecule has 0 amide bonds. The van der Waals surface area contributed by atoms with Crippen LogP contribution in [0.5, 0.6) is 0 Å². The maximum atomic E-state index is 6.27. The predicted molar refractivity (Wildman–Crippen MR) is 73.1 cm³/mol. The van der Waals surface area contributed by atoms with Crippen molar-refractivity contribution in [2.45, 2.75) is 45.6 Å². The van der Waals surface area contributed by atoms with Crippen molar-refractivity contribution in [2.75, 3.05) is 39.3 Å². The number of hydrogen-bond acceptors (Lipinski definition) is 3. The lowest BCUT2D eigenvalue weighted by Crippen LogP contribution is -2.51. The van der Waals surface area contributed by atoms with Crippen LogP contribution in [-0.4, -0.2) is 55.1 Å². The molecule has 17 heavy (non-hydrogen) atoms. The topological polar surface area (TPSA) is 32.5 Å². The van der Waals surface area contributed by atoms with Gasteiger partial charge in [-0.25, -0.2) is 0 Å². The van der Waals surface area contributed by atoms with E-state index in [1.807, 2.05) is 0 Å². The highest BCUT2D eigenvalue weighted by Crippen LogP contribution is 2.37. The molecule has 2 fully saturated rings. The molecule has 1 saturated heterocycles. The van der Waals surface area contributed by atoms with Gasteiger partial charge in [-0.3, -0.25) is 0 Å². The second-order valence-electron chi connectivity index (χ2n) is 6.27. The van der Waals surface area contributed by atoms with Crippen LogP contribution in [0.1, 0.15) is 39.5 Å². The number of rotatable bonds is 4. The third-order valence-corrected chi connectivity index (χ3v) is 4.75. The van der Waals surface area contributed by atoms with Gasteiger partial charge in [0.25, 0.3) is 0 Å². The van der Waals surface area contributed by atoms with Crippen molar-refractivity contribution in [3.63, 3.8) is 0 Å². The van der Waals surface area contributed by atoms with Gasteiger partial charge in [0.2, 0.25) is 0 Å². The lowest BCUT2D eigenvalue weighted by molar-refractivity contribution is 0.0868. The Morgan fingerprint density at radius 1 is 1.18 bits per heavy atom. The summed E-state index contributed by atoms with van der Waals surface area (Å²) >= 11 is 0. The highest BCUT2D eigenvalue weighted by atomic mass is 15.3. The summed E-state index contributed by atoms with van der Waals surface area (Å²) in [5.41, 5.74) is 6.65. The molecule has 100 valence electrons. The molecule has 3 heteroatoms. The van der Waals surface area contributed by atoms with Gasteiger partial charge in [0.05, 0.1) is 0 Å². The molecule has 0 aromatic heterocycles. The maximum absolute atomic E-state index is 6.27. The van der Waals surface area contributed by atoms with E-state index in [2.05, 4.69) is 23.6 Å². The van der Waals surface area contributed by atoms with Gasteiger partial charge in [0.1, 0.15) is 0 Å². The Kier molecular flexibility index (Phi) is 4.45. The standard InChI is InChI=1S/C14H29N3/c1-3-7-16-8-10-17(11-9-16)12-14(2)6-4-5-13(14)15/h13H,3-12,15H2,1-2H3. The minimum atomic E-state index is 0.382. The van der Waals surface area contributed by atoms with E-state index in [1.165, 1.54) is 65.0 Å². The van der Waals surface area contributed by atoms with Gasteiger partial charge in [-0.05, 0) is 31.2 Å². The summed E-state index contributed by atoms with van der Waals surface area (Å²) in [5.74, 6) is 0. The Morgan fingerprint density at radius 2 is 1.82 bits per heavy atom. The SMILES string of the molecule is CCCN1CCN(CC2(C)CCCC2N)CC1. The highest BCUT2D eigenvalue weighted by molar-refractivity contribution is 4.94. The van der Waals surface area contributed by atoms with Crippen molar-refractivity contribution < 1.29 is 0 Å². The third-order valence-electron chi connectivity index (χ3n) is 4.75. The molecule has 2 N–H and O–H groups in total.